The summed E-state index contributed by atoms with van der Waals surface area (Å²) in [6.07, 6.45) is 8.23. The normalized spacial score (nSPS) is 16.7. The molecule has 7 heteroatoms. The van der Waals surface area contributed by atoms with Crippen LogP contribution in [0.15, 0.2) is 49.1 Å². The van der Waals surface area contributed by atoms with E-state index in [4.69, 9.17) is 4.98 Å². The highest BCUT2D eigenvalue weighted by atomic mass is 19.1. The first-order valence-corrected chi connectivity index (χ1v) is 8.58. The predicted octanol–water partition coefficient (Wildman–Crippen LogP) is 2.50. The van der Waals surface area contributed by atoms with Gasteiger partial charge in [-0.25, -0.2) is 9.37 Å². The molecule has 1 aliphatic heterocycles. The Hall–Kier alpha value is -2.80. The standard InChI is InChI=1S/C19H20FN5O/c1-24-13-14(10-22-24)17-11-21-12-18(23-17)25-8-6-19(26,7-9-25)15-2-4-16(20)5-3-15/h2-5,10-13,26H,6-9H2,1H3. The Labute approximate surface area is 150 Å². The number of anilines is 1. The van der Waals surface area contributed by atoms with Crippen molar-refractivity contribution in [3.63, 3.8) is 0 Å². The molecule has 1 fully saturated rings. The van der Waals surface area contributed by atoms with E-state index in [1.807, 2.05) is 13.2 Å². The highest BCUT2D eigenvalue weighted by molar-refractivity contribution is 5.58. The van der Waals surface area contributed by atoms with Crippen LogP contribution in [0.2, 0.25) is 0 Å². The average Bonchev–Trinajstić information content (AvgIpc) is 3.09. The SMILES string of the molecule is Cn1cc(-c2cncc(N3CCC(O)(c4ccc(F)cc4)CC3)n2)cn1. The second-order valence-corrected chi connectivity index (χ2v) is 6.69. The highest BCUT2D eigenvalue weighted by Gasteiger charge is 2.34. The van der Waals surface area contributed by atoms with Crippen LogP contribution in [-0.4, -0.2) is 37.9 Å². The molecular formula is C19H20FN5O. The third-order valence-corrected chi connectivity index (χ3v) is 4.92. The Bertz CT molecular complexity index is 900. The van der Waals surface area contributed by atoms with E-state index in [0.717, 1.165) is 22.6 Å². The molecule has 1 aromatic carbocycles. The molecule has 1 N–H and O–H groups in total. The van der Waals surface area contributed by atoms with Gasteiger partial charge in [0.15, 0.2) is 0 Å². The van der Waals surface area contributed by atoms with Crippen LogP contribution in [0.4, 0.5) is 10.2 Å². The van der Waals surface area contributed by atoms with Crippen LogP contribution in [0.3, 0.4) is 0 Å². The number of hydrogen-bond acceptors (Lipinski definition) is 5. The van der Waals surface area contributed by atoms with E-state index < -0.39 is 5.60 Å². The van der Waals surface area contributed by atoms with Crippen molar-refractivity contribution < 1.29 is 9.50 Å². The number of aryl methyl sites for hydroxylation is 1. The molecule has 0 amide bonds. The molecule has 3 heterocycles. The molecule has 0 saturated carbocycles. The van der Waals surface area contributed by atoms with Crippen molar-refractivity contribution in [3.05, 3.63) is 60.4 Å². The fraction of sp³-hybridized carbons (Fsp3) is 0.316. The fourth-order valence-corrected chi connectivity index (χ4v) is 3.36. The largest absolute Gasteiger partial charge is 0.385 e. The molecule has 0 unspecified atom stereocenters. The van der Waals surface area contributed by atoms with Gasteiger partial charge in [0, 0.05) is 31.9 Å². The van der Waals surface area contributed by atoms with Gasteiger partial charge in [0.1, 0.15) is 11.6 Å². The number of rotatable bonds is 3. The molecule has 6 nitrogen and oxygen atoms in total. The van der Waals surface area contributed by atoms with Crippen LogP contribution in [0.1, 0.15) is 18.4 Å². The fourth-order valence-electron chi connectivity index (χ4n) is 3.36. The Balaban J connectivity index is 1.50. The molecule has 0 bridgehead atoms. The maximum absolute atomic E-state index is 13.1. The molecular weight excluding hydrogens is 333 g/mol. The molecule has 0 radical (unpaired) electrons. The number of aliphatic hydroxyl groups is 1. The van der Waals surface area contributed by atoms with Crippen LogP contribution < -0.4 is 4.90 Å². The van der Waals surface area contributed by atoms with Gasteiger partial charge in [-0.05, 0) is 30.5 Å². The smallest absolute Gasteiger partial charge is 0.147 e. The quantitative estimate of drug-likeness (QED) is 0.784. The first kappa shape index (κ1) is 16.7. The van der Waals surface area contributed by atoms with E-state index in [1.54, 1.807) is 35.4 Å². The number of benzene rings is 1. The molecule has 0 atom stereocenters. The number of hydrogen-bond donors (Lipinski definition) is 1. The van der Waals surface area contributed by atoms with E-state index in [2.05, 4.69) is 15.0 Å². The first-order chi connectivity index (χ1) is 12.5. The first-order valence-electron chi connectivity index (χ1n) is 8.58. The molecule has 4 rings (SSSR count). The lowest BCUT2D eigenvalue weighted by atomic mass is 9.84. The summed E-state index contributed by atoms with van der Waals surface area (Å²) in [7, 11) is 1.86. The lowest BCUT2D eigenvalue weighted by Gasteiger charge is -2.39. The Morgan fingerprint density at radius 3 is 2.46 bits per heavy atom. The molecule has 1 saturated heterocycles. The van der Waals surface area contributed by atoms with Crippen LogP contribution in [0.5, 0.6) is 0 Å². The summed E-state index contributed by atoms with van der Waals surface area (Å²) in [5.41, 5.74) is 1.52. The lowest BCUT2D eigenvalue weighted by Crippen LogP contribution is -2.43. The van der Waals surface area contributed by atoms with Gasteiger partial charge in [-0.3, -0.25) is 9.67 Å². The van der Waals surface area contributed by atoms with Gasteiger partial charge in [-0.15, -0.1) is 0 Å². The van der Waals surface area contributed by atoms with Gasteiger partial charge < -0.3 is 10.0 Å². The minimum absolute atomic E-state index is 0.294. The van der Waals surface area contributed by atoms with Crippen molar-refractivity contribution in [1.82, 2.24) is 19.7 Å². The van der Waals surface area contributed by atoms with E-state index in [-0.39, 0.29) is 5.82 Å². The summed E-state index contributed by atoms with van der Waals surface area (Å²) in [6.45, 7) is 1.30. The molecule has 26 heavy (non-hydrogen) atoms. The average molecular weight is 353 g/mol. The zero-order valence-electron chi connectivity index (χ0n) is 14.5. The topological polar surface area (TPSA) is 67.1 Å². The van der Waals surface area contributed by atoms with Crippen molar-refractivity contribution in [2.45, 2.75) is 18.4 Å². The van der Waals surface area contributed by atoms with Gasteiger partial charge in [-0.2, -0.15) is 5.10 Å². The zero-order chi connectivity index (χ0) is 18.1. The second-order valence-electron chi connectivity index (χ2n) is 6.69. The molecule has 2 aromatic heterocycles. The number of nitrogens with zero attached hydrogens (tertiary/aromatic N) is 5. The Kier molecular flexibility index (Phi) is 4.16. The number of halogens is 1. The number of aromatic nitrogens is 4. The zero-order valence-corrected chi connectivity index (χ0v) is 14.5. The maximum atomic E-state index is 13.1. The maximum Gasteiger partial charge on any atom is 0.147 e. The minimum Gasteiger partial charge on any atom is -0.385 e. The third kappa shape index (κ3) is 3.17. The van der Waals surface area contributed by atoms with E-state index in [9.17, 15) is 9.50 Å². The number of piperidine rings is 1. The van der Waals surface area contributed by atoms with Crippen LogP contribution in [0.25, 0.3) is 11.3 Å². The lowest BCUT2D eigenvalue weighted by molar-refractivity contribution is 0.0116. The summed E-state index contributed by atoms with van der Waals surface area (Å²) < 4.78 is 14.9. The van der Waals surface area contributed by atoms with Gasteiger partial charge in [0.25, 0.3) is 0 Å². The van der Waals surface area contributed by atoms with Crippen molar-refractivity contribution in [2.24, 2.45) is 7.05 Å². The van der Waals surface area contributed by atoms with Crippen molar-refractivity contribution in [3.8, 4) is 11.3 Å². The van der Waals surface area contributed by atoms with E-state index in [1.165, 1.54) is 12.1 Å². The monoisotopic (exact) mass is 353 g/mol. The van der Waals surface area contributed by atoms with Crippen molar-refractivity contribution in [2.75, 3.05) is 18.0 Å². The second kappa shape index (κ2) is 6.49. The summed E-state index contributed by atoms with van der Waals surface area (Å²) in [5.74, 6) is 0.491. The van der Waals surface area contributed by atoms with Gasteiger partial charge >= 0.3 is 0 Å². The Morgan fingerprint density at radius 2 is 1.81 bits per heavy atom. The van der Waals surface area contributed by atoms with E-state index in [0.29, 0.717) is 25.9 Å². The predicted molar refractivity (Wildman–Crippen MR) is 96.0 cm³/mol. The molecule has 1 aliphatic rings. The summed E-state index contributed by atoms with van der Waals surface area (Å²) >= 11 is 0. The molecule has 0 spiro atoms. The summed E-state index contributed by atoms with van der Waals surface area (Å²) in [5, 5.41) is 15.1. The van der Waals surface area contributed by atoms with Crippen LogP contribution in [0, 0.1) is 5.82 Å². The van der Waals surface area contributed by atoms with Crippen molar-refractivity contribution >= 4 is 5.82 Å². The third-order valence-electron chi connectivity index (χ3n) is 4.92. The molecule has 0 aliphatic carbocycles. The summed E-state index contributed by atoms with van der Waals surface area (Å²) in [6, 6.07) is 6.10. The summed E-state index contributed by atoms with van der Waals surface area (Å²) in [4.78, 5) is 11.1. The van der Waals surface area contributed by atoms with Gasteiger partial charge in [0.05, 0.1) is 29.9 Å². The van der Waals surface area contributed by atoms with Crippen LogP contribution in [-0.2, 0) is 12.6 Å². The minimum atomic E-state index is -0.932. The molecule has 134 valence electrons. The van der Waals surface area contributed by atoms with Gasteiger partial charge in [0.2, 0.25) is 0 Å². The van der Waals surface area contributed by atoms with Crippen molar-refractivity contribution in [1.29, 1.82) is 0 Å². The van der Waals surface area contributed by atoms with Gasteiger partial charge in [-0.1, -0.05) is 12.1 Å². The highest BCUT2D eigenvalue weighted by Crippen LogP contribution is 2.34. The van der Waals surface area contributed by atoms with E-state index >= 15 is 0 Å². The van der Waals surface area contributed by atoms with Crippen LogP contribution >= 0.6 is 0 Å². The molecule has 3 aromatic rings. The Morgan fingerprint density at radius 1 is 1.08 bits per heavy atom.